The molecule has 2 N–H and O–H groups in total. The molecule has 0 fully saturated rings. The highest BCUT2D eigenvalue weighted by Gasteiger charge is 2.29. The fourth-order valence-corrected chi connectivity index (χ4v) is 1.38. The van der Waals surface area contributed by atoms with Crippen molar-refractivity contribution in [3.63, 3.8) is 0 Å². The Balaban J connectivity index is 0. The van der Waals surface area contributed by atoms with Crippen LogP contribution in [-0.4, -0.2) is 30.5 Å². The minimum Gasteiger partial charge on any atom is -0.284 e. The van der Waals surface area contributed by atoms with Crippen molar-refractivity contribution in [2.24, 2.45) is 0 Å². The van der Waals surface area contributed by atoms with Gasteiger partial charge in [-0.05, 0) is 13.8 Å². The summed E-state index contributed by atoms with van der Waals surface area (Å²) in [5, 5.41) is 0. The molecule has 0 aliphatic heterocycles. The molecular formula is C5H12O6S2. The van der Waals surface area contributed by atoms with Crippen molar-refractivity contribution in [3.05, 3.63) is 12.7 Å². The van der Waals surface area contributed by atoms with Crippen molar-refractivity contribution in [3.8, 4) is 0 Å². The van der Waals surface area contributed by atoms with Gasteiger partial charge in [-0.1, -0.05) is 6.08 Å². The van der Waals surface area contributed by atoms with Crippen LogP contribution in [0.4, 0.5) is 0 Å². The zero-order valence-electron chi connectivity index (χ0n) is 7.21. The van der Waals surface area contributed by atoms with Crippen molar-refractivity contribution in [1.29, 1.82) is 0 Å². The van der Waals surface area contributed by atoms with Crippen molar-refractivity contribution >= 4 is 20.2 Å². The summed E-state index contributed by atoms with van der Waals surface area (Å²) in [6.07, 6.45) is 1.75. The minimum absolute atomic E-state index is 0.657. The lowest BCUT2D eigenvalue weighted by Crippen LogP contribution is -2.25. The molecule has 0 atom stereocenters. The second kappa shape index (κ2) is 5.32. The molecule has 0 radical (unpaired) electrons. The number of hydrogen-bond donors (Lipinski definition) is 2. The van der Waals surface area contributed by atoms with Crippen LogP contribution in [-0.2, 0) is 20.2 Å². The molecule has 0 aromatic rings. The second-order valence-corrected chi connectivity index (χ2v) is 5.78. The third-order valence-corrected chi connectivity index (χ3v) is 3.98. The largest absolute Gasteiger partial charge is 0.284 e. The van der Waals surface area contributed by atoms with Gasteiger partial charge in [-0.3, -0.25) is 9.11 Å². The summed E-state index contributed by atoms with van der Waals surface area (Å²) < 4.78 is 53.9. The summed E-state index contributed by atoms with van der Waals surface area (Å²) in [6.45, 7) is 5.91. The molecule has 0 aliphatic rings. The average Bonchev–Trinajstić information content (AvgIpc) is 1.84. The molecule has 80 valence electrons. The molecule has 0 unspecified atom stereocenters. The minimum atomic E-state index is -4.70. The fourth-order valence-electron chi connectivity index (χ4n) is 0.154. The first-order valence-corrected chi connectivity index (χ1v) is 6.07. The molecule has 0 heterocycles. The highest BCUT2D eigenvalue weighted by atomic mass is 32.3. The van der Waals surface area contributed by atoms with Gasteiger partial charge in [-0.15, -0.1) is 6.58 Å². The Labute approximate surface area is 77.8 Å². The molecule has 0 saturated carbocycles. The smallest absolute Gasteiger partial charge is 0.284 e. The lowest BCUT2D eigenvalue weighted by molar-refractivity contribution is 0.458. The monoisotopic (exact) mass is 232 g/mol. The number of rotatable bonds is 2. The molecule has 0 aromatic carbocycles. The standard InChI is InChI=1S/C3H6.C2H6O6S2/c1-3-2;1-2(9(3,4)5)10(6,7)8/h3H,1H2,2H3;2H,1H3,(H,3,4,5)(H,6,7,8). The second-order valence-electron chi connectivity index (χ2n) is 2.01. The molecule has 0 spiro atoms. The van der Waals surface area contributed by atoms with Crippen molar-refractivity contribution in [1.82, 2.24) is 0 Å². The Bertz CT molecular complexity index is 305. The van der Waals surface area contributed by atoms with E-state index in [9.17, 15) is 16.8 Å². The molecule has 0 aromatic heterocycles. The third kappa shape index (κ3) is 7.91. The summed E-state index contributed by atoms with van der Waals surface area (Å²) in [5.41, 5.74) is 0. The van der Waals surface area contributed by atoms with Gasteiger partial charge in [0.2, 0.25) is 4.58 Å². The van der Waals surface area contributed by atoms with Crippen LogP contribution in [0.3, 0.4) is 0 Å². The maximum absolute atomic E-state index is 9.99. The van der Waals surface area contributed by atoms with Crippen LogP contribution in [0.25, 0.3) is 0 Å². The molecule has 0 bridgehead atoms. The molecular weight excluding hydrogens is 220 g/mol. The summed E-state index contributed by atoms with van der Waals surface area (Å²) in [5.74, 6) is 0. The van der Waals surface area contributed by atoms with Gasteiger partial charge in [0.1, 0.15) is 0 Å². The lowest BCUT2D eigenvalue weighted by Gasteiger charge is -2.01. The molecule has 0 amide bonds. The Morgan fingerprint density at radius 3 is 1.31 bits per heavy atom. The van der Waals surface area contributed by atoms with Crippen molar-refractivity contribution in [2.45, 2.75) is 18.4 Å². The van der Waals surface area contributed by atoms with Crippen LogP contribution >= 0.6 is 0 Å². The normalized spacial score (nSPS) is 11.8. The van der Waals surface area contributed by atoms with Crippen molar-refractivity contribution < 1.29 is 25.9 Å². The van der Waals surface area contributed by atoms with Crippen LogP contribution in [0.15, 0.2) is 12.7 Å². The average molecular weight is 232 g/mol. The Morgan fingerprint density at radius 2 is 1.31 bits per heavy atom. The van der Waals surface area contributed by atoms with Crippen LogP contribution < -0.4 is 0 Å². The summed E-state index contributed by atoms with van der Waals surface area (Å²) in [6, 6.07) is 0. The fraction of sp³-hybridized carbons (Fsp3) is 0.600. The number of hydrogen-bond acceptors (Lipinski definition) is 4. The summed E-state index contributed by atoms with van der Waals surface area (Å²) in [7, 11) is -9.40. The SMILES string of the molecule is C=CC.CC(S(=O)(=O)O)S(=O)(=O)O. The highest BCUT2D eigenvalue weighted by Crippen LogP contribution is 2.03. The van der Waals surface area contributed by atoms with Crippen LogP contribution in [0.1, 0.15) is 13.8 Å². The van der Waals surface area contributed by atoms with Crippen LogP contribution in [0, 0.1) is 0 Å². The Hall–Kier alpha value is -0.440. The molecule has 13 heavy (non-hydrogen) atoms. The Morgan fingerprint density at radius 1 is 1.15 bits per heavy atom. The van der Waals surface area contributed by atoms with E-state index in [1.165, 1.54) is 0 Å². The van der Waals surface area contributed by atoms with E-state index in [0.29, 0.717) is 6.92 Å². The van der Waals surface area contributed by atoms with Crippen LogP contribution in [0.2, 0.25) is 0 Å². The topological polar surface area (TPSA) is 109 Å². The molecule has 0 saturated heterocycles. The van der Waals surface area contributed by atoms with E-state index in [2.05, 4.69) is 6.58 Å². The summed E-state index contributed by atoms with van der Waals surface area (Å²) >= 11 is 0. The maximum atomic E-state index is 9.99. The third-order valence-electron chi connectivity index (χ3n) is 0.839. The van der Waals surface area contributed by atoms with Gasteiger partial charge in [-0.25, -0.2) is 0 Å². The van der Waals surface area contributed by atoms with Gasteiger partial charge >= 0.3 is 0 Å². The van der Waals surface area contributed by atoms with Gasteiger partial charge in [0.05, 0.1) is 0 Å². The van der Waals surface area contributed by atoms with E-state index in [4.69, 9.17) is 9.11 Å². The quantitative estimate of drug-likeness (QED) is 0.523. The summed E-state index contributed by atoms with van der Waals surface area (Å²) in [4.78, 5) is 0. The first-order chi connectivity index (χ1) is 5.57. The lowest BCUT2D eigenvalue weighted by atomic mass is 10.8. The molecule has 0 rings (SSSR count). The van der Waals surface area contributed by atoms with Gasteiger partial charge in [0.15, 0.2) is 0 Å². The predicted molar refractivity (Wildman–Crippen MR) is 48.4 cm³/mol. The molecule has 0 aliphatic carbocycles. The van der Waals surface area contributed by atoms with E-state index < -0.39 is 24.8 Å². The first-order valence-electron chi connectivity index (χ1n) is 3.07. The van der Waals surface area contributed by atoms with Gasteiger partial charge in [-0.2, -0.15) is 16.8 Å². The van der Waals surface area contributed by atoms with Crippen molar-refractivity contribution in [2.75, 3.05) is 0 Å². The number of allylic oxidation sites excluding steroid dienone is 1. The van der Waals surface area contributed by atoms with E-state index >= 15 is 0 Å². The van der Waals surface area contributed by atoms with E-state index in [1.807, 2.05) is 6.92 Å². The predicted octanol–water partition coefficient (Wildman–Crippen LogP) is 0.300. The van der Waals surface area contributed by atoms with E-state index in [0.717, 1.165) is 0 Å². The van der Waals surface area contributed by atoms with E-state index in [-0.39, 0.29) is 0 Å². The highest BCUT2D eigenvalue weighted by molar-refractivity contribution is 8.03. The van der Waals surface area contributed by atoms with Crippen LogP contribution in [0.5, 0.6) is 0 Å². The van der Waals surface area contributed by atoms with Gasteiger partial charge < -0.3 is 0 Å². The zero-order chi connectivity index (χ0) is 11.3. The van der Waals surface area contributed by atoms with E-state index in [1.54, 1.807) is 6.08 Å². The molecule has 6 nitrogen and oxygen atoms in total. The van der Waals surface area contributed by atoms with Gasteiger partial charge in [0, 0.05) is 0 Å². The zero-order valence-corrected chi connectivity index (χ0v) is 8.84. The Kier molecular flexibility index (Phi) is 6.16. The maximum Gasteiger partial charge on any atom is 0.284 e. The molecule has 8 heteroatoms. The van der Waals surface area contributed by atoms with Gasteiger partial charge in [0.25, 0.3) is 20.2 Å². The first kappa shape index (κ1) is 15.1.